The molecule has 1 aromatic carbocycles. The molecule has 0 bridgehead atoms. The Morgan fingerprint density at radius 3 is 2.71 bits per heavy atom. The monoisotopic (exact) mass is 228 g/mol. The lowest BCUT2D eigenvalue weighted by atomic mass is 10.2. The molecule has 0 amide bonds. The largest absolute Gasteiger partial charge is 0.339 e. The second-order valence-electron chi connectivity index (χ2n) is 3.49. The number of hydrogen-bond acceptors (Lipinski definition) is 4. The van der Waals surface area contributed by atoms with Gasteiger partial charge in [-0.05, 0) is 30.7 Å². The van der Waals surface area contributed by atoms with Crippen molar-refractivity contribution in [2.45, 2.75) is 6.92 Å². The van der Waals surface area contributed by atoms with E-state index < -0.39 is 0 Å². The van der Waals surface area contributed by atoms with Crippen molar-refractivity contribution in [3.8, 4) is 6.07 Å². The minimum absolute atomic E-state index is 0.249. The van der Waals surface area contributed by atoms with Crippen LogP contribution in [-0.2, 0) is 0 Å². The molecular formula is C12H9FN4. The fourth-order valence-corrected chi connectivity index (χ4v) is 1.32. The number of nitriles is 1. The molecule has 0 radical (unpaired) electrons. The summed E-state index contributed by atoms with van der Waals surface area (Å²) in [4.78, 5) is 7.88. The Kier molecular flexibility index (Phi) is 2.97. The molecule has 1 aromatic heterocycles. The molecule has 5 heteroatoms. The molecule has 0 unspecified atom stereocenters. The zero-order valence-corrected chi connectivity index (χ0v) is 9.11. The first kappa shape index (κ1) is 11.0. The van der Waals surface area contributed by atoms with Gasteiger partial charge in [0.05, 0.1) is 12.4 Å². The van der Waals surface area contributed by atoms with E-state index in [1.165, 1.54) is 18.5 Å². The van der Waals surface area contributed by atoms with Gasteiger partial charge in [-0.2, -0.15) is 5.26 Å². The van der Waals surface area contributed by atoms with E-state index in [0.29, 0.717) is 11.4 Å². The Balaban J connectivity index is 2.20. The molecule has 0 aliphatic heterocycles. The second-order valence-corrected chi connectivity index (χ2v) is 3.49. The van der Waals surface area contributed by atoms with E-state index >= 15 is 0 Å². The third-order valence-electron chi connectivity index (χ3n) is 2.20. The van der Waals surface area contributed by atoms with Crippen molar-refractivity contribution in [1.29, 1.82) is 5.26 Å². The summed E-state index contributed by atoms with van der Waals surface area (Å²) >= 11 is 0. The van der Waals surface area contributed by atoms with Crippen LogP contribution in [-0.4, -0.2) is 9.97 Å². The molecule has 84 valence electrons. The van der Waals surface area contributed by atoms with Gasteiger partial charge >= 0.3 is 0 Å². The number of halogens is 1. The number of nitrogens with zero attached hydrogens (tertiary/aromatic N) is 3. The molecule has 2 aromatic rings. The van der Waals surface area contributed by atoms with Crippen LogP contribution in [0.1, 0.15) is 11.3 Å². The zero-order chi connectivity index (χ0) is 12.3. The fourth-order valence-electron chi connectivity index (χ4n) is 1.32. The SMILES string of the molecule is Cc1cc(Nc2cnc(C#N)cn2)ccc1F. The lowest BCUT2D eigenvalue weighted by molar-refractivity contribution is 0.619. The number of anilines is 2. The molecule has 17 heavy (non-hydrogen) atoms. The van der Waals surface area contributed by atoms with Gasteiger partial charge in [0.15, 0.2) is 5.69 Å². The highest BCUT2D eigenvalue weighted by atomic mass is 19.1. The van der Waals surface area contributed by atoms with Crippen LogP contribution in [0.2, 0.25) is 0 Å². The van der Waals surface area contributed by atoms with E-state index in [-0.39, 0.29) is 11.5 Å². The standard InChI is InChI=1S/C12H9FN4/c1-8-4-9(2-3-11(8)13)17-12-7-15-10(5-14)6-16-12/h2-4,6-7H,1H3,(H,16,17). The van der Waals surface area contributed by atoms with Crippen LogP contribution >= 0.6 is 0 Å². The number of aromatic nitrogens is 2. The van der Waals surface area contributed by atoms with E-state index in [9.17, 15) is 4.39 Å². The fraction of sp³-hybridized carbons (Fsp3) is 0.0833. The van der Waals surface area contributed by atoms with Crippen molar-refractivity contribution >= 4 is 11.5 Å². The molecule has 0 saturated heterocycles. The van der Waals surface area contributed by atoms with Gasteiger partial charge in [0.25, 0.3) is 0 Å². The zero-order valence-electron chi connectivity index (χ0n) is 9.11. The van der Waals surface area contributed by atoms with Crippen molar-refractivity contribution in [3.05, 3.63) is 47.7 Å². The van der Waals surface area contributed by atoms with Gasteiger partial charge in [-0.3, -0.25) is 0 Å². The van der Waals surface area contributed by atoms with E-state index in [4.69, 9.17) is 5.26 Å². The molecule has 0 fully saturated rings. The normalized spacial score (nSPS) is 9.71. The molecule has 1 N–H and O–H groups in total. The average Bonchev–Trinajstić information content (AvgIpc) is 2.35. The van der Waals surface area contributed by atoms with Crippen molar-refractivity contribution in [2.75, 3.05) is 5.32 Å². The van der Waals surface area contributed by atoms with Crippen LogP contribution in [0.15, 0.2) is 30.6 Å². The molecule has 4 nitrogen and oxygen atoms in total. The summed E-state index contributed by atoms with van der Waals surface area (Å²) < 4.78 is 13.0. The van der Waals surface area contributed by atoms with Gasteiger partial charge in [0.1, 0.15) is 17.7 Å². The molecule has 0 aliphatic carbocycles. The topological polar surface area (TPSA) is 61.6 Å². The third-order valence-corrected chi connectivity index (χ3v) is 2.20. The van der Waals surface area contributed by atoms with E-state index in [1.54, 1.807) is 19.1 Å². The first-order chi connectivity index (χ1) is 8.19. The third kappa shape index (κ3) is 2.55. The van der Waals surface area contributed by atoms with Gasteiger partial charge in [0.2, 0.25) is 0 Å². The Labute approximate surface area is 97.8 Å². The van der Waals surface area contributed by atoms with Gasteiger partial charge in [-0.15, -0.1) is 0 Å². The summed E-state index contributed by atoms with van der Waals surface area (Å²) in [5.41, 5.74) is 1.53. The molecule has 2 rings (SSSR count). The highest BCUT2D eigenvalue weighted by Crippen LogP contribution is 2.17. The Hall–Kier alpha value is -2.48. The maximum Gasteiger partial charge on any atom is 0.158 e. The van der Waals surface area contributed by atoms with E-state index in [2.05, 4.69) is 15.3 Å². The summed E-state index contributed by atoms with van der Waals surface area (Å²) in [6, 6.07) is 6.56. The van der Waals surface area contributed by atoms with Gasteiger partial charge in [-0.25, -0.2) is 14.4 Å². The summed E-state index contributed by atoms with van der Waals surface area (Å²) in [5, 5.41) is 11.5. The molecule has 0 spiro atoms. The summed E-state index contributed by atoms with van der Waals surface area (Å²) in [6.45, 7) is 1.69. The van der Waals surface area contributed by atoms with Crippen molar-refractivity contribution in [1.82, 2.24) is 9.97 Å². The number of rotatable bonds is 2. The van der Waals surface area contributed by atoms with Gasteiger partial charge in [0, 0.05) is 5.69 Å². The number of nitrogens with one attached hydrogen (secondary N) is 1. The number of benzene rings is 1. The predicted octanol–water partition coefficient (Wildman–Crippen LogP) is 2.54. The maximum atomic E-state index is 13.0. The lowest BCUT2D eigenvalue weighted by Gasteiger charge is -2.06. The first-order valence-electron chi connectivity index (χ1n) is 4.94. The van der Waals surface area contributed by atoms with Crippen molar-refractivity contribution in [2.24, 2.45) is 0 Å². The first-order valence-corrected chi connectivity index (χ1v) is 4.94. The lowest BCUT2D eigenvalue weighted by Crippen LogP contribution is -1.96. The predicted molar refractivity (Wildman–Crippen MR) is 61.2 cm³/mol. The van der Waals surface area contributed by atoms with Crippen LogP contribution in [0.4, 0.5) is 15.9 Å². The van der Waals surface area contributed by atoms with Crippen LogP contribution in [0, 0.1) is 24.1 Å². The molecule has 1 heterocycles. The van der Waals surface area contributed by atoms with Crippen molar-refractivity contribution in [3.63, 3.8) is 0 Å². The molecule has 0 saturated carbocycles. The number of hydrogen-bond donors (Lipinski definition) is 1. The minimum Gasteiger partial charge on any atom is -0.339 e. The van der Waals surface area contributed by atoms with Crippen LogP contribution < -0.4 is 5.32 Å². The van der Waals surface area contributed by atoms with Crippen LogP contribution in [0.25, 0.3) is 0 Å². The van der Waals surface area contributed by atoms with Crippen LogP contribution in [0.5, 0.6) is 0 Å². The number of aryl methyl sites for hydroxylation is 1. The Morgan fingerprint density at radius 1 is 1.29 bits per heavy atom. The van der Waals surface area contributed by atoms with Crippen molar-refractivity contribution < 1.29 is 4.39 Å². The van der Waals surface area contributed by atoms with Crippen LogP contribution in [0.3, 0.4) is 0 Å². The molecule has 0 atom stereocenters. The van der Waals surface area contributed by atoms with Gasteiger partial charge < -0.3 is 5.32 Å². The smallest absolute Gasteiger partial charge is 0.158 e. The Bertz CT molecular complexity index is 572. The molecule has 0 aliphatic rings. The second kappa shape index (κ2) is 4.58. The van der Waals surface area contributed by atoms with E-state index in [0.717, 1.165) is 5.69 Å². The summed E-state index contributed by atoms with van der Waals surface area (Å²) in [5.74, 6) is 0.261. The highest BCUT2D eigenvalue weighted by Gasteiger charge is 2.01. The minimum atomic E-state index is -0.249. The Morgan fingerprint density at radius 2 is 2.12 bits per heavy atom. The van der Waals surface area contributed by atoms with E-state index in [1.807, 2.05) is 6.07 Å². The highest BCUT2D eigenvalue weighted by molar-refractivity contribution is 5.56. The quantitative estimate of drug-likeness (QED) is 0.857. The molecular weight excluding hydrogens is 219 g/mol. The summed E-state index contributed by atoms with van der Waals surface area (Å²) in [6.07, 6.45) is 2.83. The summed E-state index contributed by atoms with van der Waals surface area (Å²) in [7, 11) is 0. The average molecular weight is 228 g/mol. The maximum absolute atomic E-state index is 13.0. The van der Waals surface area contributed by atoms with Gasteiger partial charge in [-0.1, -0.05) is 0 Å².